The van der Waals surface area contributed by atoms with E-state index in [0.29, 0.717) is 0 Å². The molecular formula is C15H31N2+. The van der Waals surface area contributed by atoms with Crippen molar-refractivity contribution in [1.82, 2.24) is 4.90 Å². The molecule has 0 amide bonds. The van der Waals surface area contributed by atoms with Crippen molar-refractivity contribution in [2.45, 2.75) is 38.5 Å². The molecule has 100 valence electrons. The summed E-state index contributed by atoms with van der Waals surface area (Å²) >= 11 is 0. The van der Waals surface area contributed by atoms with E-state index in [4.69, 9.17) is 0 Å². The van der Waals surface area contributed by atoms with Crippen LogP contribution in [0.15, 0.2) is 0 Å². The molecule has 1 aliphatic heterocycles. The van der Waals surface area contributed by atoms with Crippen molar-refractivity contribution in [2.24, 2.45) is 11.8 Å². The Labute approximate surface area is 108 Å². The van der Waals surface area contributed by atoms with Crippen molar-refractivity contribution in [3.8, 4) is 0 Å². The summed E-state index contributed by atoms with van der Waals surface area (Å²) in [5, 5.41) is 0. The summed E-state index contributed by atoms with van der Waals surface area (Å²) in [4.78, 5) is 2.76. The maximum Gasteiger partial charge on any atom is 0.0780 e. The molecule has 2 aliphatic rings. The van der Waals surface area contributed by atoms with Gasteiger partial charge in [0.2, 0.25) is 0 Å². The van der Waals surface area contributed by atoms with Crippen LogP contribution < -0.4 is 0 Å². The predicted molar refractivity (Wildman–Crippen MR) is 74.0 cm³/mol. The average Bonchev–Trinajstić information content (AvgIpc) is 2.23. The van der Waals surface area contributed by atoms with Gasteiger partial charge in [0.25, 0.3) is 0 Å². The van der Waals surface area contributed by atoms with Crippen LogP contribution in [0.5, 0.6) is 0 Å². The van der Waals surface area contributed by atoms with Crippen molar-refractivity contribution < 1.29 is 4.48 Å². The van der Waals surface area contributed by atoms with Crippen molar-refractivity contribution in [3.05, 3.63) is 0 Å². The lowest BCUT2D eigenvalue weighted by Crippen LogP contribution is -2.43. The van der Waals surface area contributed by atoms with Crippen LogP contribution in [-0.4, -0.2) is 56.7 Å². The second-order valence-electron chi connectivity index (χ2n) is 7.38. The summed E-state index contributed by atoms with van der Waals surface area (Å²) in [5.74, 6) is 2.08. The lowest BCUT2D eigenvalue weighted by Gasteiger charge is -2.41. The van der Waals surface area contributed by atoms with Gasteiger partial charge in [0.05, 0.1) is 27.7 Å². The van der Waals surface area contributed by atoms with Gasteiger partial charge < -0.3 is 9.38 Å². The van der Waals surface area contributed by atoms with Crippen LogP contribution in [0.25, 0.3) is 0 Å². The van der Waals surface area contributed by atoms with Gasteiger partial charge >= 0.3 is 0 Å². The summed E-state index contributed by atoms with van der Waals surface area (Å²) < 4.78 is 1.12. The van der Waals surface area contributed by atoms with Crippen LogP contribution in [0, 0.1) is 11.8 Å². The molecule has 0 N–H and O–H groups in total. The molecule has 2 unspecified atom stereocenters. The van der Waals surface area contributed by atoms with E-state index in [9.17, 15) is 0 Å². The van der Waals surface area contributed by atoms with Crippen molar-refractivity contribution in [2.75, 3.05) is 47.3 Å². The molecule has 2 atom stereocenters. The van der Waals surface area contributed by atoms with Crippen molar-refractivity contribution in [1.29, 1.82) is 0 Å². The fourth-order valence-electron chi connectivity index (χ4n) is 3.64. The third-order valence-electron chi connectivity index (χ3n) is 4.48. The highest BCUT2D eigenvalue weighted by atomic mass is 15.3. The Kier molecular flexibility index (Phi) is 4.48. The topological polar surface area (TPSA) is 3.24 Å². The smallest absolute Gasteiger partial charge is 0.0780 e. The second-order valence-corrected chi connectivity index (χ2v) is 7.38. The van der Waals surface area contributed by atoms with Gasteiger partial charge in [-0.15, -0.1) is 0 Å². The van der Waals surface area contributed by atoms with Gasteiger partial charge in [0, 0.05) is 13.1 Å². The Morgan fingerprint density at radius 3 is 2.24 bits per heavy atom. The van der Waals surface area contributed by atoms with E-state index in [1.54, 1.807) is 0 Å². The maximum atomic E-state index is 2.76. The molecule has 0 spiro atoms. The lowest BCUT2D eigenvalue weighted by atomic mass is 9.78. The standard InChI is InChI=1S/C15H31N2/c1-17(2,3)10-5-4-9-16-12-14-7-6-8-15(11-14)13-16/h14-15H,4-13H2,1-3H3/q+1. The Balaban J connectivity index is 1.63. The minimum absolute atomic E-state index is 1.04. The third-order valence-corrected chi connectivity index (χ3v) is 4.48. The van der Waals surface area contributed by atoms with Gasteiger partial charge in [-0.3, -0.25) is 0 Å². The predicted octanol–water partition coefficient (Wildman–Crippen LogP) is 2.59. The van der Waals surface area contributed by atoms with E-state index in [0.717, 1.165) is 16.3 Å². The molecular weight excluding hydrogens is 208 g/mol. The maximum absolute atomic E-state index is 2.76. The van der Waals surface area contributed by atoms with Gasteiger partial charge in [-0.05, 0) is 50.5 Å². The van der Waals surface area contributed by atoms with E-state index in [1.165, 1.54) is 64.7 Å². The number of likely N-dealkylation sites (tertiary alicyclic amines) is 1. The van der Waals surface area contributed by atoms with E-state index in [-0.39, 0.29) is 0 Å². The third kappa shape index (κ3) is 4.59. The number of rotatable bonds is 5. The van der Waals surface area contributed by atoms with Gasteiger partial charge in [-0.1, -0.05) is 6.42 Å². The lowest BCUT2D eigenvalue weighted by molar-refractivity contribution is -0.870. The molecule has 2 heteroatoms. The molecule has 1 saturated heterocycles. The molecule has 1 heterocycles. The number of nitrogens with zero attached hydrogens (tertiary/aromatic N) is 2. The first-order chi connectivity index (χ1) is 8.03. The summed E-state index contributed by atoms with van der Waals surface area (Å²) in [6.07, 6.45) is 8.84. The Morgan fingerprint density at radius 2 is 1.65 bits per heavy atom. The minimum atomic E-state index is 1.04. The fourth-order valence-corrected chi connectivity index (χ4v) is 3.64. The Hall–Kier alpha value is -0.0800. The van der Waals surface area contributed by atoms with Crippen molar-refractivity contribution in [3.63, 3.8) is 0 Å². The van der Waals surface area contributed by atoms with Crippen LogP contribution in [0.1, 0.15) is 38.5 Å². The zero-order valence-electron chi connectivity index (χ0n) is 12.1. The molecule has 2 bridgehead atoms. The summed E-state index contributed by atoms with van der Waals surface area (Å²) in [5.41, 5.74) is 0. The molecule has 0 aromatic rings. The highest BCUT2D eigenvalue weighted by Gasteiger charge is 2.29. The number of hydrogen-bond acceptors (Lipinski definition) is 1. The van der Waals surface area contributed by atoms with Crippen molar-refractivity contribution >= 4 is 0 Å². The summed E-state index contributed by atoms with van der Waals surface area (Å²) in [6.45, 7) is 5.48. The zero-order valence-corrected chi connectivity index (χ0v) is 12.1. The van der Waals surface area contributed by atoms with E-state index >= 15 is 0 Å². The quantitative estimate of drug-likeness (QED) is 0.526. The van der Waals surface area contributed by atoms with E-state index in [2.05, 4.69) is 26.0 Å². The van der Waals surface area contributed by atoms with Gasteiger partial charge in [-0.25, -0.2) is 0 Å². The normalized spacial score (nSPS) is 30.5. The Bertz CT molecular complexity index is 220. The van der Waals surface area contributed by atoms with Crippen LogP contribution >= 0.6 is 0 Å². The molecule has 2 fully saturated rings. The first kappa shape index (κ1) is 13.4. The molecule has 1 aliphatic carbocycles. The van der Waals surface area contributed by atoms with Crippen LogP contribution in [0.3, 0.4) is 0 Å². The first-order valence-corrected chi connectivity index (χ1v) is 7.56. The minimum Gasteiger partial charge on any atom is -0.331 e. The van der Waals surface area contributed by atoms with Gasteiger partial charge in [-0.2, -0.15) is 0 Å². The monoisotopic (exact) mass is 239 g/mol. The fraction of sp³-hybridized carbons (Fsp3) is 1.00. The SMILES string of the molecule is C[N+](C)(C)CCCCN1CC2CCCC(C2)C1. The summed E-state index contributed by atoms with van der Waals surface area (Å²) in [6, 6.07) is 0. The van der Waals surface area contributed by atoms with Crippen LogP contribution in [0.4, 0.5) is 0 Å². The molecule has 17 heavy (non-hydrogen) atoms. The second kappa shape index (κ2) is 5.71. The molecule has 2 nitrogen and oxygen atoms in total. The molecule has 2 rings (SSSR count). The Morgan fingerprint density at radius 1 is 1.00 bits per heavy atom. The molecule has 1 saturated carbocycles. The highest BCUT2D eigenvalue weighted by Crippen LogP contribution is 2.34. The number of hydrogen-bond donors (Lipinski definition) is 0. The first-order valence-electron chi connectivity index (χ1n) is 7.56. The van der Waals surface area contributed by atoms with Gasteiger partial charge in [0.15, 0.2) is 0 Å². The average molecular weight is 239 g/mol. The zero-order chi connectivity index (χ0) is 12.3. The number of unbranched alkanes of at least 4 members (excludes halogenated alkanes) is 1. The van der Waals surface area contributed by atoms with Crippen LogP contribution in [0.2, 0.25) is 0 Å². The molecule has 0 radical (unpaired) electrons. The molecule has 0 aromatic carbocycles. The van der Waals surface area contributed by atoms with E-state index < -0.39 is 0 Å². The number of fused-ring (bicyclic) bond motifs is 2. The molecule has 0 aromatic heterocycles. The number of piperidine rings is 1. The van der Waals surface area contributed by atoms with Crippen LogP contribution in [-0.2, 0) is 0 Å². The van der Waals surface area contributed by atoms with Gasteiger partial charge in [0.1, 0.15) is 0 Å². The summed E-state index contributed by atoms with van der Waals surface area (Å²) in [7, 11) is 6.89. The highest BCUT2D eigenvalue weighted by molar-refractivity contribution is 4.83. The van der Waals surface area contributed by atoms with E-state index in [1.807, 2.05) is 0 Å². The largest absolute Gasteiger partial charge is 0.331 e. The number of quaternary nitrogens is 1.